The number of nitrogens with one attached hydrogen (secondary N) is 2. The Morgan fingerprint density at radius 1 is 1.28 bits per heavy atom. The van der Waals surface area contributed by atoms with E-state index in [0.29, 0.717) is 17.0 Å². The van der Waals surface area contributed by atoms with Gasteiger partial charge in [0.1, 0.15) is 17.2 Å². The molecule has 0 atom stereocenters. The molecular formula is C17H16F2N4O2. The summed E-state index contributed by atoms with van der Waals surface area (Å²) in [5, 5.41) is 12.8. The maximum atomic E-state index is 13.8. The first kappa shape index (κ1) is 16.8. The second-order valence-electron chi connectivity index (χ2n) is 5.88. The van der Waals surface area contributed by atoms with E-state index in [4.69, 9.17) is 4.52 Å². The average Bonchev–Trinajstić information content (AvgIpc) is 3.14. The lowest BCUT2D eigenvalue weighted by Gasteiger charge is -2.04. The van der Waals surface area contributed by atoms with Gasteiger partial charge in [-0.2, -0.15) is 5.10 Å². The molecule has 130 valence electrons. The molecule has 1 aromatic carbocycles. The van der Waals surface area contributed by atoms with Crippen molar-refractivity contribution in [2.24, 2.45) is 0 Å². The number of hydrogen-bond donors (Lipinski definition) is 2. The molecule has 0 radical (unpaired) electrons. The third kappa shape index (κ3) is 3.15. The molecule has 0 unspecified atom stereocenters. The molecule has 0 fully saturated rings. The van der Waals surface area contributed by atoms with Crippen LogP contribution in [0.15, 0.2) is 28.8 Å². The van der Waals surface area contributed by atoms with Gasteiger partial charge in [0.15, 0.2) is 11.6 Å². The Balaban J connectivity index is 1.87. The average molecular weight is 346 g/mol. The van der Waals surface area contributed by atoms with Gasteiger partial charge in [0.05, 0.1) is 17.0 Å². The molecule has 0 bridgehead atoms. The number of halogens is 2. The first-order chi connectivity index (χ1) is 11.9. The molecule has 2 N–H and O–H groups in total. The van der Waals surface area contributed by atoms with Crippen LogP contribution in [0, 0.1) is 18.6 Å². The number of hydrogen-bond acceptors (Lipinski definition) is 4. The van der Waals surface area contributed by atoms with Crippen molar-refractivity contribution in [1.29, 1.82) is 0 Å². The van der Waals surface area contributed by atoms with Crippen LogP contribution in [0.4, 0.5) is 14.6 Å². The second-order valence-corrected chi connectivity index (χ2v) is 5.88. The fourth-order valence-electron chi connectivity index (χ4n) is 2.51. The normalized spacial score (nSPS) is 11.1. The predicted molar refractivity (Wildman–Crippen MR) is 87.2 cm³/mol. The molecule has 3 rings (SSSR count). The Hall–Kier alpha value is -3.03. The highest BCUT2D eigenvalue weighted by Crippen LogP contribution is 2.27. The fraction of sp³-hybridized carbons (Fsp3) is 0.235. The summed E-state index contributed by atoms with van der Waals surface area (Å²) < 4.78 is 32.8. The van der Waals surface area contributed by atoms with Crippen LogP contribution < -0.4 is 5.32 Å². The van der Waals surface area contributed by atoms with Gasteiger partial charge in [-0.1, -0.05) is 25.1 Å². The number of aromatic nitrogens is 3. The first-order valence-corrected chi connectivity index (χ1v) is 7.65. The third-order valence-corrected chi connectivity index (χ3v) is 3.69. The zero-order chi connectivity index (χ0) is 18.1. The van der Waals surface area contributed by atoms with Crippen molar-refractivity contribution >= 4 is 11.7 Å². The van der Waals surface area contributed by atoms with Crippen LogP contribution >= 0.6 is 0 Å². The van der Waals surface area contributed by atoms with Crippen molar-refractivity contribution in [1.82, 2.24) is 15.4 Å². The standard InChI is InChI=1S/C17H16F2N4O2/c1-8(2)16-14(9(3)23-25-16)17(24)20-13-7-12(21-22-13)15-10(18)5-4-6-11(15)19/h4-8H,1-3H3,(H2,20,21,22,24). The van der Waals surface area contributed by atoms with Crippen LogP contribution in [0.25, 0.3) is 11.3 Å². The van der Waals surface area contributed by atoms with Crippen molar-refractivity contribution in [2.75, 3.05) is 5.32 Å². The summed E-state index contributed by atoms with van der Waals surface area (Å²) in [6, 6.07) is 4.92. The molecule has 0 aliphatic rings. The van der Waals surface area contributed by atoms with E-state index < -0.39 is 17.5 Å². The van der Waals surface area contributed by atoms with Gasteiger partial charge in [-0.25, -0.2) is 8.78 Å². The number of H-pyrrole nitrogens is 1. The Labute approximate surface area is 142 Å². The zero-order valence-electron chi connectivity index (χ0n) is 13.9. The summed E-state index contributed by atoms with van der Waals surface area (Å²) in [7, 11) is 0. The van der Waals surface area contributed by atoms with Crippen molar-refractivity contribution in [2.45, 2.75) is 26.7 Å². The maximum absolute atomic E-state index is 13.8. The Morgan fingerprint density at radius 3 is 2.60 bits per heavy atom. The molecule has 2 heterocycles. The van der Waals surface area contributed by atoms with Gasteiger partial charge in [-0.15, -0.1) is 0 Å². The number of carbonyl (C=O) groups excluding carboxylic acids is 1. The number of anilines is 1. The summed E-state index contributed by atoms with van der Waals surface area (Å²) >= 11 is 0. The lowest BCUT2D eigenvalue weighted by Crippen LogP contribution is -2.15. The maximum Gasteiger partial charge on any atom is 0.262 e. The summed E-state index contributed by atoms with van der Waals surface area (Å²) in [5.74, 6) is -1.32. The van der Waals surface area contributed by atoms with Crippen LogP contribution in [0.5, 0.6) is 0 Å². The van der Waals surface area contributed by atoms with E-state index in [0.717, 1.165) is 12.1 Å². The zero-order valence-corrected chi connectivity index (χ0v) is 13.9. The minimum absolute atomic E-state index is 0.0239. The highest BCUT2D eigenvalue weighted by molar-refractivity contribution is 6.05. The number of benzene rings is 1. The molecular weight excluding hydrogens is 330 g/mol. The van der Waals surface area contributed by atoms with E-state index in [1.807, 2.05) is 13.8 Å². The highest BCUT2D eigenvalue weighted by atomic mass is 19.1. The minimum atomic E-state index is -0.724. The molecule has 1 amide bonds. The lowest BCUT2D eigenvalue weighted by atomic mass is 10.0. The number of aryl methyl sites for hydroxylation is 1. The highest BCUT2D eigenvalue weighted by Gasteiger charge is 2.23. The summed E-state index contributed by atoms with van der Waals surface area (Å²) in [6.07, 6.45) is 0. The van der Waals surface area contributed by atoms with Crippen molar-refractivity contribution in [3.63, 3.8) is 0 Å². The van der Waals surface area contributed by atoms with Gasteiger partial charge < -0.3 is 9.84 Å². The molecule has 0 spiro atoms. The smallest absolute Gasteiger partial charge is 0.262 e. The third-order valence-electron chi connectivity index (χ3n) is 3.69. The number of nitrogens with zero attached hydrogens (tertiary/aromatic N) is 2. The van der Waals surface area contributed by atoms with Gasteiger partial charge in [-0.3, -0.25) is 9.89 Å². The van der Waals surface area contributed by atoms with Gasteiger partial charge in [-0.05, 0) is 19.1 Å². The van der Waals surface area contributed by atoms with Crippen molar-refractivity contribution in [3.05, 3.63) is 52.9 Å². The lowest BCUT2D eigenvalue weighted by molar-refractivity contribution is 0.102. The van der Waals surface area contributed by atoms with Gasteiger partial charge in [0.2, 0.25) is 0 Å². The van der Waals surface area contributed by atoms with E-state index in [9.17, 15) is 13.6 Å². The van der Waals surface area contributed by atoms with Crippen LogP contribution in [-0.2, 0) is 0 Å². The molecule has 25 heavy (non-hydrogen) atoms. The first-order valence-electron chi connectivity index (χ1n) is 7.65. The second kappa shape index (κ2) is 6.46. The van der Waals surface area contributed by atoms with Gasteiger partial charge in [0, 0.05) is 12.0 Å². The topological polar surface area (TPSA) is 83.8 Å². The largest absolute Gasteiger partial charge is 0.360 e. The quantitative estimate of drug-likeness (QED) is 0.747. The number of rotatable bonds is 4. The fourth-order valence-corrected chi connectivity index (χ4v) is 2.51. The Kier molecular flexibility index (Phi) is 4.35. The van der Waals surface area contributed by atoms with E-state index in [-0.39, 0.29) is 23.0 Å². The Bertz CT molecular complexity index is 910. The monoisotopic (exact) mass is 346 g/mol. The summed E-state index contributed by atoms with van der Waals surface area (Å²) in [6.45, 7) is 5.42. The molecule has 3 aromatic rings. The molecule has 2 aromatic heterocycles. The van der Waals surface area contributed by atoms with Crippen molar-refractivity contribution in [3.8, 4) is 11.3 Å². The van der Waals surface area contributed by atoms with Crippen LogP contribution in [0.3, 0.4) is 0 Å². The number of amides is 1. The van der Waals surface area contributed by atoms with E-state index >= 15 is 0 Å². The van der Waals surface area contributed by atoms with Crippen LogP contribution in [0.1, 0.15) is 41.6 Å². The van der Waals surface area contributed by atoms with Crippen LogP contribution in [0.2, 0.25) is 0 Å². The Morgan fingerprint density at radius 2 is 1.96 bits per heavy atom. The van der Waals surface area contributed by atoms with E-state index in [1.54, 1.807) is 6.92 Å². The molecule has 0 aliphatic heterocycles. The molecule has 6 nitrogen and oxygen atoms in total. The van der Waals surface area contributed by atoms with Crippen molar-refractivity contribution < 1.29 is 18.1 Å². The van der Waals surface area contributed by atoms with Crippen LogP contribution in [-0.4, -0.2) is 21.3 Å². The van der Waals surface area contributed by atoms with Gasteiger partial charge in [0.25, 0.3) is 5.91 Å². The molecule has 0 saturated heterocycles. The van der Waals surface area contributed by atoms with Gasteiger partial charge >= 0.3 is 0 Å². The SMILES string of the molecule is Cc1noc(C(C)C)c1C(=O)Nc1cc(-c2c(F)cccc2F)[nH]n1. The summed E-state index contributed by atoms with van der Waals surface area (Å²) in [5.41, 5.74) is 0.672. The minimum Gasteiger partial charge on any atom is -0.360 e. The van der Waals surface area contributed by atoms with E-state index in [2.05, 4.69) is 20.7 Å². The predicted octanol–water partition coefficient (Wildman–Crippen LogP) is 4.03. The molecule has 8 heteroatoms. The summed E-state index contributed by atoms with van der Waals surface area (Å²) in [4.78, 5) is 12.5. The molecule has 0 saturated carbocycles. The molecule has 0 aliphatic carbocycles. The van der Waals surface area contributed by atoms with E-state index in [1.165, 1.54) is 12.1 Å². The number of aromatic amines is 1. The number of carbonyl (C=O) groups is 1.